The van der Waals surface area contributed by atoms with Crippen LogP contribution in [-0.2, 0) is 9.47 Å². The fourth-order valence-corrected chi connectivity index (χ4v) is 1.98. The second-order valence-electron chi connectivity index (χ2n) is 6.18. The Morgan fingerprint density at radius 3 is 2.52 bits per heavy atom. The van der Waals surface area contributed by atoms with Gasteiger partial charge in [-0.3, -0.25) is 0 Å². The van der Waals surface area contributed by atoms with Crippen LogP contribution in [0.25, 0.3) is 0 Å². The Morgan fingerprint density at radius 1 is 1.33 bits per heavy atom. The van der Waals surface area contributed by atoms with Crippen LogP contribution in [0, 0.1) is 0 Å². The van der Waals surface area contributed by atoms with Crippen LogP contribution in [0.2, 0.25) is 0 Å². The molecule has 0 aliphatic carbocycles. The molecule has 2 atom stereocenters. The van der Waals surface area contributed by atoms with Gasteiger partial charge in [-0.1, -0.05) is 6.92 Å². The molecule has 0 fully saturated rings. The summed E-state index contributed by atoms with van der Waals surface area (Å²) >= 11 is 1.85. The average Bonchev–Trinajstić information content (AvgIpc) is 2.38. The Labute approximate surface area is 133 Å². The number of rotatable bonds is 10. The van der Waals surface area contributed by atoms with Crippen molar-refractivity contribution in [2.45, 2.75) is 57.4 Å². The molecule has 0 bridgehead atoms. The number of carbonyl (C=O) groups is 1. The molecule has 6 heteroatoms. The Kier molecular flexibility index (Phi) is 10.9. The largest absolute Gasteiger partial charge is 0.444 e. The first-order chi connectivity index (χ1) is 9.78. The van der Waals surface area contributed by atoms with Crippen LogP contribution < -0.4 is 10.6 Å². The average molecular weight is 320 g/mol. The first kappa shape index (κ1) is 20.5. The number of amides is 1. The van der Waals surface area contributed by atoms with E-state index in [0.29, 0.717) is 24.4 Å². The van der Waals surface area contributed by atoms with Crippen LogP contribution in [0.5, 0.6) is 0 Å². The van der Waals surface area contributed by atoms with Crippen LogP contribution in [0.1, 0.15) is 40.5 Å². The molecule has 21 heavy (non-hydrogen) atoms. The Balaban J connectivity index is 3.85. The summed E-state index contributed by atoms with van der Waals surface area (Å²) in [6.07, 6.45) is 3.62. The highest BCUT2D eigenvalue weighted by Gasteiger charge is 2.15. The highest BCUT2D eigenvalue weighted by atomic mass is 32.2. The monoisotopic (exact) mass is 320 g/mol. The fraction of sp³-hybridized carbons (Fsp3) is 0.933. The molecule has 0 aromatic carbocycles. The molecule has 0 saturated heterocycles. The van der Waals surface area contributed by atoms with E-state index < -0.39 is 5.60 Å². The van der Waals surface area contributed by atoms with Gasteiger partial charge in [0.15, 0.2) is 0 Å². The van der Waals surface area contributed by atoms with Crippen molar-refractivity contribution in [1.29, 1.82) is 0 Å². The highest BCUT2D eigenvalue weighted by Crippen LogP contribution is 2.07. The van der Waals surface area contributed by atoms with Crippen molar-refractivity contribution in [2.75, 3.05) is 33.1 Å². The second kappa shape index (κ2) is 11.2. The first-order valence-corrected chi connectivity index (χ1v) is 8.79. The second-order valence-corrected chi connectivity index (χ2v) is 7.45. The van der Waals surface area contributed by atoms with Crippen molar-refractivity contribution in [2.24, 2.45) is 0 Å². The van der Waals surface area contributed by atoms with Crippen molar-refractivity contribution in [3.05, 3.63) is 0 Å². The minimum Gasteiger partial charge on any atom is -0.444 e. The quantitative estimate of drug-likeness (QED) is 0.606. The zero-order chi connectivity index (χ0) is 16.3. The van der Waals surface area contributed by atoms with E-state index in [0.717, 1.165) is 19.4 Å². The maximum atomic E-state index is 11.5. The van der Waals surface area contributed by atoms with E-state index in [1.165, 1.54) is 0 Å². The summed E-state index contributed by atoms with van der Waals surface area (Å²) in [5.41, 5.74) is -0.446. The number of thioether (sulfide) groups is 1. The van der Waals surface area contributed by atoms with Crippen LogP contribution >= 0.6 is 11.8 Å². The van der Waals surface area contributed by atoms with E-state index in [1.807, 2.05) is 32.5 Å². The third kappa shape index (κ3) is 13.0. The smallest absolute Gasteiger partial charge is 0.407 e. The van der Waals surface area contributed by atoms with E-state index in [2.05, 4.69) is 23.8 Å². The van der Waals surface area contributed by atoms with Gasteiger partial charge in [0.25, 0.3) is 0 Å². The highest BCUT2D eigenvalue weighted by molar-refractivity contribution is 7.99. The van der Waals surface area contributed by atoms with Gasteiger partial charge < -0.3 is 20.1 Å². The fourth-order valence-electron chi connectivity index (χ4n) is 1.71. The maximum Gasteiger partial charge on any atom is 0.407 e. The SMILES string of the molecule is COCC(CCCNC(=O)OC(C)(C)C)NCC(C)SC. The summed E-state index contributed by atoms with van der Waals surface area (Å²) in [4.78, 5) is 11.5. The summed E-state index contributed by atoms with van der Waals surface area (Å²) in [7, 11) is 1.71. The number of alkyl carbamates (subject to hydrolysis) is 1. The third-order valence-electron chi connectivity index (χ3n) is 2.86. The standard InChI is InChI=1S/C15H32N2O3S/c1-12(21-6)10-17-13(11-19-5)8-7-9-16-14(18)20-15(2,3)4/h12-13,17H,7-11H2,1-6H3,(H,16,18). The Morgan fingerprint density at radius 2 is 2.00 bits per heavy atom. The van der Waals surface area contributed by atoms with Crippen LogP contribution in [0.15, 0.2) is 0 Å². The first-order valence-electron chi connectivity index (χ1n) is 7.50. The molecular formula is C15H32N2O3S. The lowest BCUT2D eigenvalue weighted by Gasteiger charge is -2.21. The van der Waals surface area contributed by atoms with E-state index in [1.54, 1.807) is 7.11 Å². The minimum atomic E-state index is -0.446. The van der Waals surface area contributed by atoms with E-state index in [-0.39, 0.29) is 6.09 Å². The van der Waals surface area contributed by atoms with Crippen LogP contribution in [-0.4, -0.2) is 56.0 Å². The topological polar surface area (TPSA) is 59.6 Å². The molecule has 0 aromatic heterocycles. The molecule has 2 N–H and O–H groups in total. The van der Waals surface area contributed by atoms with Gasteiger partial charge in [-0.15, -0.1) is 0 Å². The number of carbonyl (C=O) groups excluding carboxylic acids is 1. The lowest BCUT2D eigenvalue weighted by molar-refractivity contribution is 0.0526. The van der Waals surface area contributed by atoms with Gasteiger partial charge in [0.2, 0.25) is 0 Å². The van der Waals surface area contributed by atoms with Crippen molar-refractivity contribution in [1.82, 2.24) is 10.6 Å². The van der Waals surface area contributed by atoms with Gasteiger partial charge in [-0.2, -0.15) is 11.8 Å². The molecule has 0 saturated carbocycles. The molecule has 0 aliphatic rings. The van der Waals surface area contributed by atoms with Crippen molar-refractivity contribution >= 4 is 17.9 Å². The number of hydrogen-bond acceptors (Lipinski definition) is 5. The number of hydrogen-bond donors (Lipinski definition) is 2. The number of ether oxygens (including phenoxy) is 2. The van der Waals surface area contributed by atoms with Gasteiger partial charge >= 0.3 is 6.09 Å². The van der Waals surface area contributed by atoms with Crippen LogP contribution in [0.3, 0.4) is 0 Å². The molecule has 126 valence electrons. The van der Waals surface area contributed by atoms with Crippen molar-refractivity contribution < 1.29 is 14.3 Å². The summed E-state index contributed by atoms with van der Waals surface area (Å²) in [5.74, 6) is 0. The van der Waals surface area contributed by atoms with Gasteiger partial charge in [0, 0.05) is 31.5 Å². The number of methoxy groups -OCH3 is 1. The predicted octanol–water partition coefficient (Wildman–Crippen LogP) is 2.65. The molecule has 0 aliphatic heterocycles. The normalized spacial score (nSPS) is 14.6. The molecule has 0 radical (unpaired) electrons. The van der Waals surface area contributed by atoms with Gasteiger partial charge in [-0.05, 0) is 39.9 Å². The zero-order valence-corrected chi connectivity index (χ0v) is 15.1. The predicted molar refractivity (Wildman–Crippen MR) is 90.1 cm³/mol. The number of nitrogens with one attached hydrogen (secondary N) is 2. The van der Waals surface area contributed by atoms with Crippen molar-refractivity contribution in [3.8, 4) is 0 Å². The summed E-state index contributed by atoms with van der Waals surface area (Å²) in [6, 6.07) is 0.324. The molecule has 5 nitrogen and oxygen atoms in total. The molecule has 1 amide bonds. The van der Waals surface area contributed by atoms with Gasteiger partial charge in [0.1, 0.15) is 5.60 Å². The van der Waals surface area contributed by atoms with Crippen molar-refractivity contribution in [3.63, 3.8) is 0 Å². The minimum absolute atomic E-state index is 0.324. The van der Waals surface area contributed by atoms with Gasteiger partial charge in [0.05, 0.1) is 6.61 Å². The van der Waals surface area contributed by atoms with E-state index >= 15 is 0 Å². The lowest BCUT2D eigenvalue weighted by Crippen LogP contribution is -2.38. The van der Waals surface area contributed by atoms with E-state index in [4.69, 9.17) is 9.47 Å². The third-order valence-corrected chi connectivity index (χ3v) is 3.83. The zero-order valence-electron chi connectivity index (χ0n) is 14.3. The molecule has 0 heterocycles. The summed E-state index contributed by atoms with van der Waals surface area (Å²) in [5, 5.41) is 6.87. The molecular weight excluding hydrogens is 288 g/mol. The Bertz CT molecular complexity index is 283. The lowest BCUT2D eigenvalue weighted by atomic mass is 10.1. The molecule has 0 spiro atoms. The molecule has 0 rings (SSSR count). The molecule has 2 unspecified atom stereocenters. The van der Waals surface area contributed by atoms with Crippen LogP contribution in [0.4, 0.5) is 4.79 Å². The summed E-state index contributed by atoms with van der Waals surface area (Å²) in [6.45, 7) is 10.1. The molecule has 0 aromatic rings. The maximum absolute atomic E-state index is 11.5. The Hall–Kier alpha value is -0.460. The van der Waals surface area contributed by atoms with E-state index in [9.17, 15) is 4.79 Å². The van der Waals surface area contributed by atoms with Gasteiger partial charge in [-0.25, -0.2) is 4.79 Å². The summed E-state index contributed by atoms with van der Waals surface area (Å²) < 4.78 is 10.4.